The van der Waals surface area contributed by atoms with Crippen molar-refractivity contribution < 1.29 is 14.2 Å². The van der Waals surface area contributed by atoms with Crippen molar-refractivity contribution in [1.29, 1.82) is 0 Å². The predicted octanol–water partition coefficient (Wildman–Crippen LogP) is 5.60. The summed E-state index contributed by atoms with van der Waals surface area (Å²) in [5.41, 5.74) is 0. The smallest absolute Gasteiger partial charge is 0.169 e. The number of fused-ring (bicyclic) bond motifs is 1. The van der Waals surface area contributed by atoms with Crippen LogP contribution in [0.4, 0.5) is 0 Å². The first kappa shape index (κ1) is 17.5. The van der Waals surface area contributed by atoms with Crippen molar-refractivity contribution in [3.63, 3.8) is 0 Å². The molecule has 0 aliphatic rings. The van der Waals surface area contributed by atoms with Crippen LogP contribution in [0.3, 0.4) is 0 Å². The van der Waals surface area contributed by atoms with Crippen LogP contribution in [-0.4, -0.2) is 19.8 Å². The lowest BCUT2D eigenvalue weighted by Crippen LogP contribution is -2.03. The molecule has 0 saturated carbocycles. The van der Waals surface area contributed by atoms with Crippen molar-refractivity contribution in [1.82, 2.24) is 0 Å². The van der Waals surface area contributed by atoms with E-state index in [9.17, 15) is 0 Å². The average Bonchev–Trinajstić information content (AvgIpc) is 2.57. The third-order valence-corrected chi connectivity index (χ3v) is 3.72. The molecule has 0 atom stereocenters. The van der Waals surface area contributed by atoms with Gasteiger partial charge in [-0.3, -0.25) is 0 Å². The van der Waals surface area contributed by atoms with Crippen LogP contribution in [0.2, 0.25) is 0 Å². The van der Waals surface area contributed by atoms with Gasteiger partial charge in [0.05, 0.1) is 19.8 Å². The lowest BCUT2D eigenvalue weighted by Gasteiger charge is -2.17. The van der Waals surface area contributed by atoms with Gasteiger partial charge in [-0.2, -0.15) is 0 Å². The second kappa shape index (κ2) is 9.29. The van der Waals surface area contributed by atoms with Gasteiger partial charge in [0.15, 0.2) is 11.5 Å². The lowest BCUT2D eigenvalue weighted by molar-refractivity contribution is 0.271. The number of benzene rings is 2. The predicted molar refractivity (Wildman–Crippen MR) is 95.9 cm³/mol. The molecule has 0 aromatic heterocycles. The molecule has 0 amide bonds. The minimum Gasteiger partial charge on any atom is -0.493 e. The Labute approximate surface area is 139 Å². The van der Waals surface area contributed by atoms with Crippen LogP contribution in [0.1, 0.15) is 46.5 Å². The molecule has 126 valence electrons. The van der Waals surface area contributed by atoms with Gasteiger partial charge in [-0.1, -0.05) is 51.0 Å². The largest absolute Gasteiger partial charge is 0.493 e. The highest BCUT2D eigenvalue weighted by Gasteiger charge is 2.15. The molecule has 0 radical (unpaired) electrons. The first-order chi connectivity index (χ1) is 11.3. The Balaban J connectivity index is 2.41. The fraction of sp³-hybridized carbons (Fsp3) is 0.500. The molecule has 0 aliphatic heterocycles. The number of rotatable bonds is 10. The van der Waals surface area contributed by atoms with Gasteiger partial charge in [-0.15, -0.1) is 0 Å². The molecule has 0 spiro atoms. The van der Waals surface area contributed by atoms with Crippen LogP contribution in [0.15, 0.2) is 30.3 Å². The van der Waals surface area contributed by atoms with Gasteiger partial charge in [0, 0.05) is 16.8 Å². The molecule has 3 heteroatoms. The van der Waals surface area contributed by atoms with Crippen molar-refractivity contribution in [3.8, 4) is 17.2 Å². The van der Waals surface area contributed by atoms with E-state index in [-0.39, 0.29) is 0 Å². The summed E-state index contributed by atoms with van der Waals surface area (Å²) in [6, 6.07) is 10.2. The fourth-order valence-corrected chi connectivity index (χ4v) is 2.47. The highest BCUT2D eigenvalue weighted by Crippen LogP contribution is 2.41. The molecule has 0 saturated heterocycles. The van der Waals surface area contributed by atoms with E-state index in [0.717, 1.165) is 60.3 Å². The number of hydrogen-bond acceptors (Lipinski definition) is 3. The van der Waals surface area contributed by atoms with Gasteiger partial charge in [0.25, 0.3) is 0 Å². The summed E-state index contributed by atoms with van der Waals surface area (Å²) in [5.74, 6) is 2.48. The summed E-state index contributed by atoms with van der Waals surface area (Å²) >= 11 is 0. The molecule has 0 fully saturated rings. The van der Waals surface area contributed by atoms with Gasteiger partial charge in [0.1, 0.15) is 5.75 Å². The van der Waals surface area contributed by atoms with E-state index in [4.69, 9.17) is 14.2 Å². The van der Waals surface area contributed by atoms with Crippen LogP contribution in [0, 0.1) is 0 Å². The van der Waals surface area contributed by atoms with Gasteiger partial charge in [-0.05, 0) is 19.8 Å². The van der Waals surface area contributed by atoms with Crippen LogP contribution in [0.25, 0.3) is 10.8 Å². The summed E-state index contributed by atoms with van der Waals surface area (Å²) in [6.07, 6.45) is 4.32. The summed E-state index contributed by atoms with van der Waals surface area (Å²) in [4.78, 5) is 0. The van der Waals surface area contributed by atoms with E-state index in [0.29, 0.717) is 13.2 Å². The molecule has 0 bridgehead atoms. The van der Waals surface area contributed by atoms with Crippen molar-refractivity contribution in [3.05, 3.63) is 30.3 Å². The highest BCUT2D eigenvalue weighted by molar-refractivity contribution is 5.95. The molecular formula is C20H28O3. The van der Waals surface area contributed by atoms with Gasteiger partial charge >= 0.3 is 0 Å². The van der Waals surface area contributed by atoms with E-state index in [1.54, 1.807) is 0 Å². The summed E-state index contributed by atoms with van der Waals surface area (Å²) in [5, 5.41) is 2.14. The number of unbranched alkanes of at least 4 members (excludes halogenated alkanes) is 2. The van der Waals surface area contributed by atoms with E-state index in [1.165, 1.54) is 0 Å². The Hall–Kier alpha value is -1.90. The molecule has 0 aliphatic carbocycles. The Kier molecular flexibility index (Phi) is 7.05. The van der Waals surface area contributed by atoms with Crippen molar-refractivity contribution in [2.45, 2.75) is 46.5 Å². The highest BCUT2D eigenvalue weighted by atomic mass is 16.5. The van der Waals surface area contributed by atoms with Crippen LogP contribution >= 0.6 is 0 Å². The molecular weight excluding hydrogens is 288 g/mol. The molecule has 0 unspecified atom stereocenters. The first-order valence-electron chi connectivity index (χ1n) is 8.75. The summed E-state index contributed by atoms with van der Waals surface area (Å²) in [7, 11) is 0. The molecule has 2 aromatic carbocycles. The molecule has 2 aromatic rings. The average molecular weight is 316 g/mol. The topological polar surface area (TPSA) is 27.7 Å². The zero-order chi connectivity index (χ0) is 16.5. The molecule has 0 N–H and O–H groups in total. The van der Waals surface area contributed by atoms with Crippen LogP contribution in [-0.2, 0) is 0 Å². The van der Waals surface area contributed by atoms with Gasteiger partial charge in [-0.25, -0.2) is 0 Å². The second-order valence-electron chi connectivity index (χ2n) is 5.58. The molecule has 0 heterocycles. The third-order valence-electron chi connectivity index (χ3n) is 3.72. The minimum atomic E-state index is 0.608. The Morgan fingerprint density at radius 1 is 0.739 bits per heavy atom. The SMILES string of the molecule is CCCCOc1cc(OCC)c(OCCCC)c2ccccc12. The molecule has 2 rings (SSSR count). The van der Waals surface area contributed by atoms with Crippen molar-refractivity contribution >= 4 is 10.8 Å². The molecule has 3 nitrogen and oxygen atoms in total. The summed E-state index contributed by atoms with van der Waals surface area (Å²) in [6.45, 7) is 8.35. The van der Waals surface area contributed by atoms with Crippen molar-refractivity contribution in [2.75, 3.05) is 19.8 Å². The minimum absolute atomic E-state index is 0.608. The standard InChI is InChI=1S/C20H28O3/c1-4-7-13-22-18-15-19(21-6-3)20(23-14-8-5-2)17-12-10-9-11-16(17)18/h9-12,15H,4-8,13-14H2,1-3H3. The van der Waals surface area contributed by atoms with E-state index < -0.39 is 0 Å². The Morgan fingerprint density at radius 2 is 1.39 bits per heavy atom. The monoisotopic (exact) mass is 316 g/mol. The zero-order valence-corrected chi connectivity index (χ0v) is 14.6. The van der Waals surface area contributed by atoms with Crippen LogP contribution < -0.4 is 14.2 Å². The third kappa shape index (κ3) is 4.54. The van der Waals surface area contributed by atoms with E-state index >= 15 is 0 Å². The normalized spacial score (nSPS) is 10.7. The quantitative estimate of drug-likeness (QED) is 0.534. The molecule has 23 heavy (non-hydrogen) atoms. The lowest BCUT2D eigenvalue weighted by atomic mass is 10.1. The zero-order valence-electron chi connectivity index (χ0n) is 14.6. The maximum Gasteiger partial charge on any atom is 0.169 e. The van der Waals surface area contributed by atoms with E-state index in [1.807, 2.05) is 25.1 Å². The summed E-state index contributed by atoms with van der Waals surface area (Å²) < 4.78 is 17.9. The first-order valence-corrected chi connectivity index (χ1v) is 8.75. The maximum absolute atomic E-state index is 6.04. The van der Waals surface area contributed by atoms with Gasteiger partial charge in [0.2, 0.25) is 0 Å². The number of hydrogen-bond donors (Lipinski definition) is 0. The Bertz CT molecular complexity index is 607. The van der Waals surface area contributed by atoms with Crippen LogP contribution in [0.5, 0.6) is 17.2 Å². The van der Waals surface area contributed by atoms with Crippen molar-refractivity contribution in [2.24, 2.45) is 0 Å². The number of ether oxygens (including phenoxy) is 3. The second-order valence-corrected chi connectivity index (χ2v) is 5.58. The fourth-order valence-electron chi connectivity index (χ4n) is 2.47. The van der Waals surface area contributed by atoms with E-state index in [2.05, 4.69) is 26.0 Å². The van der Waals surface area contributed by atoms with Gasteiger partial charge < -0.3 is 14.2 Å². The maximum atomic E-state index is 6.04. The Morgan fingerprint density at radius 3 is 2.04 bits per heavy atom.